The van der Waals surface area contributed by atoms with E-state index in [1.54, 1.807) is 0 Å². The molecule has 2 bridgehead atoms. The van der Waals surface area contributed by atoms with Gasteiger partial charge in [0.25, 0.3) is 10.1 Å². The minimum absolute atomic E-state index is 0.00479. The number of ether oxygens (including phenoxy) is 1. The van der Waals surface area contributed by atoms with E-state index in [-0.39, 0.29) is 43.0 Å². The summed E-state index contributed by atoms with van der Waals surface area (Å²) < 4.78 is 34.4. The first-order chi connectivity index (χ1) is 16.3. The monoisotopic (exact) mass is 488 g/mol. The Morgan fingerprint density at radius 3 is 2.79 bits per heavy atom. The number of benzene rings is 1. The summed E-state index contributed by atoms with van der Waals surface area (Å²) in [4.78, 5) is 27.7. The van der Waals surface area contributed by atoms with Crippen molar-refractivity contribution in [3.05, 3.63) is 47.2 Å². The van der Waals surface area contributed by atoms with Crippen molar-refractivity contribution in [2.75, 3.05) is 19.4 Å². The lowest BCUT2D eigenvalue weighted by molar-refractivity contribution is -0.122. The molecule has 5 rings (SSSR count). The topological polar surface area (TPSA) is 102 Å². The third-order valence-electron chi connectivity index (χ3n) is 7.99. The summed E-state index contributed by atoms with van der Waals surface area (Å²) in [5.74, 6) is 0.556. The molecule has 4 aliphatic rings. The van der Waals surface area contributed by atoms with Crippen LogP contribution in [0.25, 0.3) is 0 Å². The molecule has 2 amide bonds. The average molecular weight is 489 g/mol. The van der Waals surface area contributed by atoms with E-state index in [1.807, 2.05) is 35.2 Å². The summed E-state index contributed by atoms with van der Waals surface area (Å²) in [5, 5.41) is 3.10. The van der Waals surface area contributed by atoms with Crippen LogP contribution >= 0.6 is 0 Å². The summed E-state index contributed by atoms with van der Waals surface area (Å²) in [6.07, 6.45) is 5.86. The third kappa shape index (κ3) is 4.35. The first-order valence-corrected chi connectivity index (χ1v) is 13.9. The smallest absolute Gasteiger partial charge is 0.410 e. The fourth-order valence-corrected chi connectivity index (χ4v) is 7.29. The highest BCUT2D eigenvalue weighted by Gasteiger charge is 2.60. The molecule has 1 N–H and O–H groups in total. The number of allylic oxidation sites excluding steroid dienone is 1. The number of hydrogen-bond donors (Lipinski definition) is 1. The molecule has 0 aromatic heterocycles. The minimum Gasteiger partial charge on any atom is -0.445 e. The summed E-state index contributed by atoms with van der Waals surface area (Å²) in [7, 11) is -3.55. The van der Waals surface area contributed by atoms with Gasteiger partial charge in [-0.25, -0.2) is 4.79 Å². The highest BCUT2D eigenvalue weighted by Crippen LogP contribution is 2.59. The van der Waals surface area contributed by atoms with Crippen LogP contribution < -0.4 is 5.32 Å². The van der Waals surface area contributed by atoms with E-state index in [0.29, 0.717) is 25.8 Å². The Kier molecular flexibility index (Phi) is 6.18. The maximum Gasteiger partial charge on any atom is 0.410 e. The second-order valence-corrected chi connectivity index (χ2v) is 11.8. The molecule has 1 aromatic carbocycles. The van der Waals surface area contributed by atoms with Crippen molar-refractivity contribution in [3.8, 4) is 0 Å². The predicted octanol–water partition coefficient (Wildman–Crippen LogP) is 3.34. The van der Waals surface area contributed by atoms with Crippen molar-refractivity contribution < 1.29 is 26.9 Å². The Hall–Kier alpha value is -2.39. The Balaban J connectivity index is 1.48. The molecule has 2 aliphatic heterocycles. The van der Waals surface area contributed by atoms with Crippen molar-refractivity contribution >= 4 is 22.1 Å². The SMILES string of the molecule is CS(=O)(=O)OC[C@@H]1C[C@H]2CC3=C(CCC(=O)N3)[C@@]3(C1)[C@@H]2CCCN3C(=O)OCc1ccccc1. The number of rotatable bonds is 5. The Morgan fingerprint density at radius 1 is 1.24 bits per heavy atom. The van der Waals surface area contributed by atoms with Crippen LogP contribution in [0.15, 0.2) is 41.6 Å². The van der Waals surface area contributed by atoms with Crippen LogP contribution in [0.5, 0.6) is 0 Å². The van der Waals surface area contributed by atoms with Crippen molar-refractivity contribution in [1.82, 2.24) is 10.2 Å². The van der Waals surface area contributed by atoms with E-state index in [9.17, 15) is 18.0 Å². The summed E-state index contributed by atoms with van der Waals surface area (Å²) in [6.45, 7) is 0.899. The van der Waals surface area contributed by atoms with Gasteiger partial charge in [-0.3, -0.25) is 13.9 Å². The van der Waals surface area contributed by atoms with Gasteiger partial charge in [0.1, 0.15) is 6.61 Å². The summed E-state index contributed by atoms with van der Waals surface area (Å²) in [6, 6.07) is 9.61. The fraction of sp³-hybridized carbons (Fsp3) is 0.600. The normalized spacial score (nSPS) is 30.8. The molecule has 4 atom stereocenters. The van der Waals surface area contributed by atoms with Crippen LogP contribution in [0.1, 0.15) is 50.5 Å². The van der Waals surface area contributed by atoms with Gasteiger partial charge in [0.2, 0.25) is 5.91 Å². The molecule has 0 spiro atoms. The standard InChI is InChI=1S/C25H32N2O6S/c1-34(30,31)33-16-18-12-19-13-22-21(9-10-23(28)26-22)25(14-18)20(19)8-5-11-27(25)24(29)32-15-17-6-3-2-4-7-17/h2-4,6-7,18-20H,5,8-16H2,1H3,(H,26,28)/t18-,19+,20-,25-/m1/s1. The fourth-order valence-electron chi connectivity index (χ4n) is 6.85. The molecule has 1 saturated heterocycles. The second kappa shape index (κ2) is 9.00. The quantitative estimate of drug-likeness (QED) is 0.638. The minimum atomic E-state index is -3.55. The van der Waals surface area contributed by atoms with Gasteiger partial charge >= 0.3 is 6.09 Å². The predicted molar refractivity (Wildman–Crippen MR) is 125 cm³/mol. The van der Waals surface area contributed by atoms with Gasteiger partial charge in [-0.1, -0.05) is 30.3 Å². The second-order valence-electron chi connectivity index (χ2n) is 10.1. The van der Waals surface area contributed by atoms with Gasteiger partial charge in [0.15, 0.2) is 0 Å². The number of hydrogen-bond acceptors (Lipinski definition) is 6. The highest BCUT2D eigenvalue weighted by atomic mass is 32.2. The largest absolute Gasteiger partial charge is 0.445 e. The molecule has 0 unspecified atom stereocenters. The van der Waals surface area contributed by atoms with E-state index in [2.05, 4.69) is 5.32 Å². The van der Waals surface area contributed by atoms with Crippen molar-refractivity contribution in [2.45, 2.75) is 57.1 Å². The number of piperidine rings is 1. The maximum atomic E-state index is 13.6. The number of likely N-dealkylation sites (tertiary alicyclic amines) is 1. The highest BCUT2D eigenvalue weighted by molar-refractivity contribution is 7.85. The van der Waals surface area contributed by atoms with Gasteiger partial charge in [0.05, 0.1) is 18.4 Å². The van der Waals surface area contributed by atoms with Crippen LogP contribution in [-0.2, 0) is 30.4 Å². The van der Waals surface area contributed by atoms with Crippen LogP contribution in [0, 0.1) is 17.8 Å². The van der Waals surface area contributed by atoms with Gasteiger partial charge in [-0.2, -0.15) is 8.42 Å². The van der Waals surface area contributed by atoms with Gasteiger partial charge in [-0.05, 0) is 67.4 Å². The molecular weight excluding hydrogens is 456 g/mol. The molecule has 2 heterocycles. The lowest BCUT2D eigenvalue weighted by atomic mass is 9.52. The van der Waals surface area contributed by atoms with Crippen molar-refractivity contribution in [1.29, 1.82) is 0 Å². The number of carbonyl (C=O) groups excluding carboxylic acids is 2. The van der Waals surface area contributed by atoms with Crippen molar-refractivity contribution in [3.63, 3.8) is 0 Å². The lowest BCUT2D eigenvalue weighted by Gasteiger charge is -2.62. The van der Waals surface area contributed by atoms with E-state index in [1.165, 1.54) is 0 Å². The molecule has 2 fully saturated rings. The molecule has 34 heavy (non-hydrogen) atoms. The third-order valence-corrected chi connectivity index (χ3v) is 8.55. The first kappa shape index (κ1) is 23.4. The maximum absolute atomic E-state index is 13.6. The van der Waals surface area contributed by atoms with Crippen LogP contribution in [0.3, 0.4) is 0 Å². The Morgan fingerprint density at radius 2 is 2.03 bits per heavy atom. The van der Waals surface area contributed by atoms with Gasteiger partial charge in [0, 0.05) is 18.7 Å². The first-order valence-electron chi connectivity index (χ1n) is 12.1. The molecule has 8 nitrogen and oxygen atoms in total. The van der Waals surface area contributed by atoms with Crippen LogP contribution in [-0.4, -0.2) is 50.3 Å². The molecule has 1 aromatic rings. The van der Waals surface area contributed by atoms with Gasteiger partial charge in [-0.15, -0.1) is 0 Å². The molecule has 0 radical (unpaired) electrons. The zero-order chi connectivity index (χ0) is 23.9. The number of carbonyl (C=O) groups is 2. The zero-order valence-corrected chi connectivity index (χ0v) is 20.3. The van der Waals surface area contributed by atoms with Crippen LogP contribution in [0.2, 0.25) is 0 Å². The Bertz CT molecular complexity index is 1100. The Labute approximate surface area is 200 Å². The van der Waals surface area contributed by atoms with E-state index < -0.39 is 15.7 Å². The number of amides is 2. The number of nitrogens with one attached hydrogen (secondary N) is 1. The van der Waals surface area contributed by atoms with E-state index in [0.717, 1.165) is 48.8 Å². The number of nitrogens with zero attached hydrogens (tertiary/aromatic N) is 1. The van der Waals surface area contributed by atoms with E-state index >= 15 is 0 Å². The average Bonchev–Trinajstić information content (AvgIpc) is 2.80. The zero-order valence-electron chi connectivity index (χ0n) is 19.5. The molecule has 184 valence electrons. The summed E-state index contributed by atoms with van der Waals surface area (Å²) in [5.41, 5.74) is 2.45. The molecular formula is C25H32N2O6S. The van der Waals surface area contributed by atoms with Crippen LogP contribution in [0.4, 0.5) is 4.79 Å². The lowest BCUT2D eigenvalue weighted by Crippen LogP contribution is -2.67. The molecule has 9 heteroatoms. The van der Waals surface area contributed by atoms with E-state index in [4.69, 9.17) is 8.92 Å². The van der Waals surface area contributed by atoms with Gasteiger partial charge < -0.3 is 10.1 Å². The molecule has 2 aliphatic carbocycles. The van der Waals surface area contributed by atoms with Crippen molar-refractivity contribution in [2.24, 2.45) is 17.8 Å². The summed E-state index contributed by atoms with van der Waals surface area (Å²) >= 11 is 0. The molecule has 1 saturated carbocycles.